The van der Waals surface area contributed by atoms with E-state index in [0.717, 1.165) is 30.6 Å². The van der Waals surface area contributed by atoms with Gasteiger partial charge in [0, 0.05) is 17.8 Å². The van der Waals surface area contributed by atoms with Gasteiger partial charge >= 0.3 is 0 Å². The van der Waals surface area contributed by atoms with Crippen molar-refractivity contribution in [3.8, 4) is 17.5 Å². The van der Waals surface area contributed by atoms with Gasteiger partial charge in [-0.1, -0.05) is 17.3 Å². The number of aromatic nitrogens is 2. The van der Waals surface area contributed by atoms with Crippen LogP contribution in [0.4, 0.5) is 10.1 Å². The number of anilines is 1. The zero-order valence-electron chi connectivity index (χ0n) is 16.9. The summed E-state index contributed by atoms with van der Waals surface area (Å²) < 4.78 is 18.4. The molecule has 7 nitrogen and oxygen atoms in total. The second-order valence-electron chi connectivity index (χ2n) is 7.61. The lowest BCUT2D eigenvalue weighted by molar-refractivity contribution is -0.121. The molecule has 1 amide bonds. The summed E-state index contributed by atoms with van der Waals surface area (Å²) in [6.07, 6.45) is 2.07. The van der Waals surface area contributed by atoms with Gasteiger partial charge in [-0.25, -0.2) is 4.39 Å². The minimum Gasteiger partial charge on any atom is -0.338 e. The van der Waals surface area contributed by atoms with E-state index in [1.165, 1.54) is 12.1 Å². The lowest BCUT2D eigenvalue weighted by Crippen LogP contribution is -2.40. The van der Waals surface area contributed by atoms with E-state index >= 15 is 0 Å². The Hall–Kier alpha value is -3.57. The number of nitrogens with zero attached hydrogens (tertiary/aromatic N) is 4. The minimum absolute atomic E-state index is 0.0183. The molecule has 1 aromatic heterocycles. The Morgan fingerprint density at radius 2 is 2.00 bits per heavy atom. The second kappa shape index (κ2) is 9.49. The number of benzene rings is 2. The Balaban J connectivity index is 1.33. The van der Waals surface area contributed by atoms with Gasteiger partial charge in [-0.3, -0.25) is 9.69 Å². The van der Waals surface area contributed by atoms with Gasteiger partial charge in [0.05, 0.1) is 25.0 Å². The van der Waals surface area contributed by atoms with Gasteiger partial charge < -0.3 is 9.84 Å². The van der Waals surface area contributed by atoms with E-state index in [1.54, 1.807) is 12.1 Å². The van der Waals surface area contributed by atoms with E-state index < -0.39 is 0 Å². The van der Waals surface area contributed by atoms with E-state index in [4.69, 9.17) is 9.78 Å². The molecule has 2 aromatic carbocycles. The molecule has 0 saturated carbocycles. The minimum atomic E-state index is -0.316. The van der Waals surface area contributed by atoms with Gasteiger partial charge in [0.1, 0.15) is 5.82 Å². The number of likely N-dealkylation sites (tertiary alicyclic amines) is 1. The molecule has 1 atom stereocenters. The van der Waals surface area contributed by atoms with Gasteiger partial charge in [-0.15, -0.1) is 0 Å². The number of carbonyl (C=O) groups is 1. The predicted molar refractivity (Wildman–Crippen MR) is 112 cm³/mol. The monoisotopic (exact) mass is 419 g/mol. The molecule has 4 rings (SSSR count). The molecule has 1 N–H and O–H groups in total. The molecule has 0 radical (unpaired) electrons. The third-order valence-corrected chi connectivity index (χ3v) is 5.31. The van der Waals surface area contributed by atoms with Crippen molar-refractivity contribution in [3.05, 3.63) is 65.8 Å². The third kappa shape index (κ3) is 5.32. The van der Waals surface area contributed by atoms with E-state index in [1.807, 2.05) is 24.3 Å². The normalized spacial score (nSPS) is 16.6. The number of piperidine rings is 1. The molecular weight excluding hydrogens is 397 g/mol. The molecule has 2 heterocycles. The fraction of sp³-hybridized carbons (Fsp3) is 0.304. The first kappa shape index (κ1) is 20.7. The van der Waals surface area contributed by atoms with Crippen LogP contribution in [0.2, 0.25) is 0 Å². The van der Waals surface area contributed by atoms with Crippen molar-refractivity contribution in [2.75, 3.05) is 18.4 Å². The van der Waals surface area contributed by atoms with Gasteiger partial charge in [-0.05, 0) is 61.3 Å². The van der Waals surface area contributed by atoms with Crippen LogP contribution in [-0.4, -0.2) is 34.0 Å². The number of amides is 1. The lowest BCUT2D eigenvalue weighted by Gasteiger charge is -2.30. The highest BCUT2D eigenvalue weighted by Crippen LogP contribution is 2.22. The Labute approximate surface area is 179 Å². The van der Waals surface area contributed by atoms with Crippen LogP contribution in [0.1, 0.15) is 24.3 Å². The maximum atomic E-state index is 13.1. The molecule has 1 aliphatic heterocycles. The molecule has 3 aromatic rings. The maximum absolute atomic E-state index is 13.1. The van der Waals surface area contributed by atoms with Crippen molar-refractivity contribution >= 4 is 11.6 Å². The second-order valence-corrected chi connectivity index (χ2v) is 7.61. The van der Waals surface area contributed by atoms with Crippen LogP contribution in [0.3, 0.4) is 0 Å². The molecule has 31 heavy (non-hydrogen) atoms. The fourth-order valence-corrected chi connectivity index (χ4v) is 3.68. The average Bonchev–Trinajstić information content (AvgIpc) is 3.24. The third-order valence-electron chi connectivity index (χ3n) is 5.31. The lowest BCUT2D eigenvalue weighted by atomic mass is 9.97. The number of rotatable bonds is 6. The van der Waals surface area contributed by atoms with Crippen molar-refractivity contribution in [2.45, 2.75) is 25.8 Å². The van der Waals surface area contributed by atoms with Crippen LogP contribution in [0.5, 0.6) is 0 Å². The summed E-state index contributed by atoms with van der Waals surface area (Å²) in [7, 11) is 0. The van der Waals surface area contributed by atoms with Crippen molar-refractivity contribution in [1.29, 1.82) is 5.26 Å². The first-order valence-electron chi connectivity index (χ1n) is 10.2. The average molecular weight is 419 g/mol. The molecule has 1 unspecified atom stereocenters. The van der Waals surface area contributed by atoms with E-state index in [-0.39, 0.29) is 17.6 Å². The number of nitrogens with one attached hydrogen (secondary N) is 1. The van der Waals surface area contributed by atoms with Gasteiger partial charge in [0.15, 0.2) is 0 Å². The quantitative estimate of drug-likeness (QED) is 0.653. The number of halogens is 1. The van der Waals surface area contributed by atoms with Crippen LogP contribution in [-0.2, 0) is 17.8 Å². The number of carbonyl (C=O) groups excluding carboxylic acids is 1. The molecular formula is C23H22FN5O2. The standard InChI is InChI=1S/C23H22FN5O2/c24-19-7-5-17(6-8-19)22-27-21(31-28-22)15-29-13-1-2-18(14-29)23(30)26-20-9-3-16(4-10-20)11-12-25/h3-10,18H,1-2,11,13-15H2,(H,26,30). The van der Waals surface area contributed by atoms with E-state index in [2.05, 4.69) is 26.4 Å². The Bertz CT molecular complexity index is 1070. The molecule has 0 bridgehead atoms. The van der Waals surface area contributed by atoms with Crippen molar-refractivity contribution in [2.24, 2.45) is 5.92 Å². The Kier molecular flexibility index (Phi) is 6.34. The first-order chi connectivity index (χ1) is 15.1. The van der Waals surface area contributed by atoms with Gasteiger partial charge in [-0.2, -0.15) is 10.2 Å². The summed E-state index contributed by atoms with van der Waals surface area (Å²) in [5, 5.41) is 15.7. The Morgan fingerprint density at radius 3 is 2.74 bits per heavy atom. The number of nitriles is 1. The van der Waals surface area contributed by atoms with E-state index in [0.29, 0.717) is 36.8 Å². The van der Waals surface area contributed by atoms with Crippen molar-refractivity contribution < 1.29 is 13.7 Å². The molecule has 1 saturated heterocycles. The highest BCUT2D eigenvalue weighted by Gasteiger charge is 2.27. The summed E-state index contributed by atoms with van der Waals surface area (Å²) in [5.41, 5.74) is 2.33. The van der Waals surface area contributed by atoms with Crippen LogP contribution >= 0.6 is 0 Å². The highest BCUT2D eigenvalue weighted by atomic mass is 19.1. The molecule has 0 spiro atoms. The Morgan fingerprint density at radius 1 is 1.23 bits per heavy atom. The molecule has 8 heteroatoms. The summed E-state index contributed by atoms with van der Waals surface area (Å²) in [6.45, 7) is 1.91. The molecule has 1 aliphatic rings. The molecule has 0 aliphatic carbocycles. The fourth-order valence-electron chi connectivity index (χ4n) is 3.68. The molecule has 158 valence electrons. The molecule has 1 fully saturated rings. The van der Waals surface area contributed by atoms with Gasteiger partial charge in [0.25, 0.3) is 0 Å². The van der Waals surface area contributed by atoms with Crippen molar-refractivity contribution in [1.82, 2.24) is 15.0 Å². The number of hydrogen-bond donors (Lipinski definition) is 1. The largest absolute Gasteiger partial charge is 0.338 e. The first-order valence-corrected chi connectivity index (χ1v) is 10.2. The van der Waals surface area contributed by atoms with Crippen LogP contribution in [0.15, 0.2) is 53.1 Å². The summed E-state index contributed by atoms with van der Waals surface area (Å²) in [4.78, 5) is 19.3. The van der Waals surface area contributed by atoms with Crippen LogP contribution in [0.25, 0.3) is 11.4 Å². The van der Waals surface area contributed by atoms with E-state index in [9.17, 15) is 9.18 Å². The zero-order chi connectivity index (χ0) is 21.6. The smallest absolute Gasteiger partial charge is 0.241 e. The predicted octanol–water partition coefficient (Wildman–Crippen LogP) is 3.79. The summed E-state index contributed by atoms with van der Waals surface area (Å²) in [6, 6.07) is 15.4. The van der Waals surface area contributed by atoms with Gasteiger partial charge in [0.2, 0.25) is 17.6 Å². The van der Waals surface area contributed by atoms with Crippen LogP contribution < -0.4 is 5.32 Å². The topological polar surface area (TPSA) is 95.1 Å². The summed E-state index contributed by atoms with van der Waals surface area (Å²) >= 11 is 0. The summed E-state index contributed by atoms with van der Waals surface area (Å²) in [5.74, 6) is 0.417. The maximum Gasteiger partial charge on any atom is 0.241 e. The zero-order valence-corrected chi connectivity index (χ0v) is 16.9. The number of hydrogen-bond acceptors (Lipinski definition) is 6. The SMILES string of the molecule is N#CCc1ccc(NC(=O)C2CCCN(Cc3nc(-c4ccc(F)cc4)no3)C2)cc1. The van der Waals surface area contributed by atoms with Crippen molar-refractivity contribution in [3.63, 3.8) is 0 Å². The highest BCUT2D eigenvalue weighted by molar-refractivity contribution is 5.92. The van der Waals surface area contributed by atoms with Crippen LogP contribution in [0, 0.1) is 23.1 Å².